The normalized spacial score (nSPS) is 25.4. The molecule has 2 nitrogen and oxygen atoms in total. The standard InChI is InChI=1S/C12H16BrNOS/c1-9-11(13)3-2-4-12(9)14-10-5-7-16(15)8-6-10/h2-4,10,14H,5-8H2,1H3. The van der Waals surface area contributed by atoms with Gasteiger partial charge in [0.2, 0.25) is 0 Å². The van der Waals surface area contributed by atoms with Crippen molar-refractivity contribution in [1.29, 1.82) is 0 Å². The minimum absolute atomic E-state index is 0.477. The summed E-state index contributed by atoms with van der Waals surface area (Å²) in [7, 11) is -0.578. The Balaban J connectivity index is 2.04. The fourth-order valence-electron chi connectivity index (χ4n) is 1.92. The summed E-state index contributed by atoms with van der Waals surface area (Å²) in [4.78, 5) is 0. The fraction of sp³-hybridized carbons (Fsp3) is 0.500. The third-order valence-electron chi connectivity index (χ3n) is 3.02. The molecular weight excluding hydrogens is 286 g/mol. The minimum atomic E-state index is -0.578. The minimum Gasteiger partial charge on any atom is -0.382 e. The molecule has 16 heavy (non-hydrogen) atoms. The zero-order valence-electron chi connectivity index (χ0n) is 9.33. The van der Waals surface area contributed by atoms with Crippen LogP contribution in [0.2, 0.25) is 0 Å². The molecule has 1 aromatic rings. The van der Waals surface area contributed by atoms with E-state index in [1.54, 1.807) is 0 Å². The Bertz CT molecular complexity index is 398. The smallest absolute Gasteiger partial charge is 0.0383 e. The van der Waals surface area contributed by atoms with E-state index < -0.39 is 10.8 Å². The Morgan fingerprint density at radius 1 is 1.38 bits per heavy atom. The van der Waals surface area contributed by atoms with Crippen molar-refractivity contribution < 1.29 is 4.21 Å². The van der Waals surface area contributed by atoms with Gasteiger partial charge in [-0.3, -0.25) is 4.21 Å². The van der Waals surface area contributed by atoms with Gasteiger partial charge in [0.05, 0.1) is 0 Å². The molecule has 1 fully saturated rings. The molecule has 0 radical (unpaired) electrons. The van der Waals surface area contributed by atoms with Crippen LogP contribution in [0.5, 0.6) is 0 Å². The Labute approximate surface area is 107 Å². The second-order valence-corrected chi connectivity index (χ2v) is 6.73. The van der Waals surface area contributed by atoms with Crippen LogP contribution in [0.4, 0.5) is 5.69 Å². The highest BCUT2D eigenvalue weighted by atomic mass is 79.9. The van der Waals surface area contributed by atoms with Crippen molar-refractivity contribution >= 4 is 32.4 Å². The van der Waals surface area contributed by atoms with Gasteiger partial charge in [0.15, 0.2) is 0 Å². The molecule has 0 aliphatic carbocycles. The monoisotopic (exact) mass is 301 g/mol. The van der Waals surface area contributed by atoms with Crippen LogP contribution >= 0.6 is 15.9 Å². The molecule has 4 heteroatoms. The first-order valence-corrected chi connectivity index (χ1v) is 7.81. The van der Waals surface area contributed by atoms with Crippen LogP contribution in [0.1, 0.15) is 18.4 Å². The number of benzene rings is 1. The van der Waals surface area contributed by atoms with E-state index in [2.05, 4.69) is 40.3 Å². The van der Waals surface area contributed by atoms with E-state index in [4.69, 9.17) is 0 Å². The first-order valence-electron chi connectivity index (χ1n) is 5.53. The number of nitrogens with one attached hydrogen (secondary N) is 1. The van der Waals surface area contributed by atoms with Crippen LogP contribution in [0.15, 0.2) is 22.7 Å². The lowest BCUT2D eigenvalue weighted by Gasteiger charge is -2.24. The van der Waals surface area contributed by atoms with Gasteiger partial charge in [0, 0.05) is 38.5 Å². The number of halogens is 1. The molecule has 1 aliphatic heterocycles. The third kappa shape index (κ3) is 2.86. The van der Waals surface area contributed by atoms with Gasteiger partial charge >= 0.3 is 0 Å². The van der Waals surface area contributed by atoms with Gasteiger partial charge in [-0.1, -0.05) is 22.0 Å². The van der Waals surface area contributed by atoms with Crippen molar-refractivity contribution in [3.8, 4) is 0 Å². The van der Waals surface area contributed by atoms with Gasteiger partial charge in [0.1, 0.15) is 0 Å². The van der Waals surface area contributed by atoms with E-state index in [-0.39, 0.29) is 0 Å². The average molecular weight is 302 g/mol. The molecule has 0 bridgehead atoms. The first-order chi connectivity index (χ1) is 7.66. The van der Waals surface area contributed by atoms with Crippen LogP contribution in [0, 0.1) is 6.92 Å². The lowest BCUT2D eigenvalue weighted by Crippen LogP contribution is -2.29. The summed E-state index contributed by atoms with van der Waals surface area (Å²) < 4.78 is 12.4. The predicted molar refractivity (Wildman–Crippen MR) is 73.4 cm³/mol. The number of rotatable bonds is 2. The Kier molecular flexibility index (Phi) is 4.03. The predicted octanol–water partition coefficient (Wildman–Crippen LogP) is 3.08. The average Bonchev–Trinajstić information content (AvgIpc) is 2.28. The molecule has 2 rings (SSSR count). The van der Waals surface area contributed by atoms with E-state index in [1.165, 1.54) is 11.3 Å². The summed E-state index contributed by atoms with van der Waals surface area (Å²) in [6.07, 6.45) is 2.02. The third-order valence-corrected chi connectivity index (χ3v) is 5.26. The number of hydrogen-bond acceptors (Lipinski definition) is 2. The van der Waals surface area contributed by atoms with Gasteiger partial charge in [0.25, 0.3) is 0 Å². The lowest BCUT2D eigenvalue weighted by molar-refractivity contribution is 0.624. The van der Waals surface area contributed by atoms with Crippen LogP contribution in [-0.4, -0.2) is 21.8 Å². The summed E-state index contributed by atoms with van der Waals surface area (Å²) in [5, 5.41) is 3.55. The highest BCUT2D eigenvalue weighted by Gasteiger charge is 2.18. The molecule has 0 aromatic heterocycles. The van der Waals surface area contributed by atoms with Crippen molar-refractivity contribution in [2.45, 2.75) is 25.8 Å². The molecular formula is C12H16BrNOS. The number of anilines is 1. The molecule has 0 saturated carbocycles. The Hall–Kier alpha value is -0.350. The second-order valence-electron chi connectivity index (χ2n) is 4.18. The summed E-state index contributed by atoms with van der Waals surface area (Å²) in [5.74, 6) is 1.68. The van der Waals surface area contributed by atoms with Crippen molar-refractivity contribution in [3.63, 3.8) is 0 Å². The van der Waals surface area contributed by atoms with E-state index >= 15 is 0 Å². The lowest BCUT2D eigenvalue weighted by atomic mass is 10.1. The van der Waals surface area contributed by atoms with Gasteiger partial charge in [-0.25, -0.2) is 0 Å². The SMILES string of the molecule is Cc1c(Br)cccc1NC1CCS(=O)CC1. The molecule has 0 unspecified atom stereocenters. The highest BCUT2D eigenvalue weighted by molar-refractivity contribution is 9.10. The first kappa shape index (κ1) is 12.1. The van der Waals surface area contributed by atoms with E-state index in [0.29, 0.717) is 6.04 Å². The van der Waals surface area contributed by atoms with Crippen molar-refractivity contribution in [2.75, 3.05) is 16.8 Å². The number of hydrogen-bond donors (Lipinski definition) is 1. The zero-order chi connectivity index (χ0) is 11.5. The quantitative estimate of drug-likeness (QED) is 0.909. The molecule has 1 aromatic carbocycles. The summed E-state index contributed by atoms with van der Waals surface area (Å²) in [6.45, 7) is 2.10. The molecule has 1 aliphatic rings. The topological polar surface area (TPSA) is 29.1 Å². The molecule has 0 atom stereocenters. The fourth-order valence-corrected chi connectivity index (χ4v) is 3.59. The molecule has 0 amide bonds. The van der Waals surface area contributed by atoms with Gasteiger partial charge in [-0.05, 0) is 37.5 Å². The van der Waals surface area contributed by atoms with Crippen molar-refractivity contribution in [3.05, 3.63) is 28.2 Å². The van der Waals surface area contributed by atoms with E-state index in [0.717, 1.165) is 28.8 Å². The van der Waals surface area contributed by atoms with Crippen molar-refractivity contribution in [1.82, 2.24) is 0 Å². The van der Waals surface area contributed by atoms with E-state index in [9.17, 15) is 4.21 Å². The molecule has 88 valence electrons. The van der Waals surface area contributed by atoms with Gasteiger partial charge < -0.3 is 5.32 Å². The Morgan fingerprint density at radius 2 is 2.06 bits per heavy atom. The van der Waals surface area contributed by atoms with Crippen LogP contribution < -0.4 is 5.32 Å². The maximum absolute atomic E-state index is 11.3. The molecule has 0 spiro atoms. The highest BCUT2D eigenvalue weighted by Crippen LogP contribution is 2.25. The maximum atomic E-state index is 11.3. The zero-order valence-corrected chi connectivity index (χ0v) is 11.7. The second kappa shape index (κ2) is 5.32. The van der Waals surface area contributed by atoms with Gasteiger partial charge in [-0.2, -0.15) is 0 Å². The summed E-state index contributed by atoms with van der Waals surface area (Å²) in [5.41, 5.74) is 2.43. The molecule has 1 N–H and O–H groups in total. The van der Waals surface area contributed by atoms with Gasteiger partial charge in [-0.15, -0.1) is 0 Å². The largest absolute Gasteiger partial charge is 0.382 e. The van der Waals surface area contributed by atoms with Crippen LogP contribution in [0.25, 0.3) is 0 Å². The van der Waals surface area contributed by atoms with Crippen molar-refractivity contribution in [2.24, 2.45) is 0 Å². The van der Waals surface area contributed by atoms with Crippen LogP contribution in [0.3, 0.4) is 0 Å². The Morgan fingerprint density at radius 3 is 2.75 bits per heavy atom. The summed E-state index contributed by atoms with van der Waals surface area (Å²) in [6, 6.07) is 6.67. The maximum Gasteiger partial charge on any atom is 0.0383 e. The van der Waals surface area contributed by atoms with E-state index in [1.807, 2.05) is 6.07 Å². The molecule has 1 saturated heterocycles. The molecule has 1 heterocycles. The summed E-state index contributed by atoms with van der Waals surface area (Å²) >= 11 is 3.53. The van der Waals surface area contributed by atoms with Crippen LogP contribution in [-0.2, 0) is 10.8 Å².